The Morgan fingerprint density at radius 1 is 1.48 bits per heavy atom. The maximum absolute atomic E-state index is 12.6. The standard InChI is InChI=1S/C16H18ClN5O3/c1-2-21(14(23)5-7-20-8-9-25-16(20)24)13-11-22(19-15(13)17)12-4-3-6-18-10-12/h3-4,6,10-11H,2,5,7-9H2,1H3. The smallest absolute Gasteiger partial charge is 0.409 e. The van der Waals surface area contributed by atoms with Gasteiger partial charge in [0.05, 0.1) is 24.6 Å². The van der Waals surface area contributed by atoms with Gasteiger partial charge in [0.15, 0.2) is 5.15 Å². The Morgan fingerprint density at radius 2 is 2.32 bits per heavy atom. The number of ether oxygens (including phenoxy) is 1. The van der Waals surface area contributed by atoms with Crippen LogP contribution in [0, 0.1) is 0 Å². The van der Waals surface area contributed by atoms with E-state index in [1.807, 2.05) is 13.0 Å². The predicted molar refractivity (Wildman–Crippen MR) is 91.9 cm³/mol. The van der Waals surface area contributed by atoms with E-state index >= 15 is 0 Å². The fourth-order valence-electron chi connectivity index (χ4n) is 2.62. The number of aromatic nitrogens is 3. The minimum atomic E-state index is -0.377. The van der Waals surface area contributed by atoms with Crippen LogP contribution in [0.1, 0.15) is 13.3 Å². The van der Waals surface area contributed by atoms with E-state index in [0.717, 1.165) is 5.69 Å². The van der Waals surface area contributed by atoms with Crippen LogP contribution in [0.5, 0.6) is 0 Å². The number of halogens is 1. The Kier molecular flexibility index (Phi) is 5.18. The highest BCUT2D eigenvalue weighted by molar-refractivity contribution is 6.32. The SMILES string of the molecule is CCN(C(=O)CCN1CCOC1=O)c1cn(-c2cccnc2)nc1Cl. The van der Waals surface area contributed by atoms with E-state index in [2.05, 4.69) is 10.1 Å². The summed E-state index contributed by atoms with van der Waals surface area (Å²) in [4.78, 5) is 31.2. The number of cyclic esters (lactones) is 1. The summed E-state index contributed by atoms with van der Waals surface area (Å²) < 4.78 is 6.44. The summed E-state index contributed by atoms with van der Waals surface area (Å²) >= 11 is 6.23. The molecule has 1 fully saturated rings. The molecule has 25 heavy (non-hydrogen) atoms. The van der Waals surface area contributed by atoms with E-state index in [4.69, 9.17) is 16.3 Å². The number of hydrogen-bond acceptors (Lipinski definition) is 5. The highest BCUT2D eigenvalue weighted by Crippen LogP contribution is 2.26. The van der Waals surface area contributed by atoms with Gasteiger partial charge in [0.1, 0.15) is 12.3 Å². The van der Waals surface area contributed by atoms with Crippen molar-refractivity contribution in [3.8, 4) is 5.69 Å². The van der Waals surface area contributed by atoms with Crippen molar-refractivity contribution in [2.24, 2.45) is 0 Å². The molecule has 2 amide bonds. The van der Waals surface area contributed by atoms with E-state index in [9.17, 15) is 9.59 Å². The fraction of sp³-hybridized carbons (Fsp3) is 0.375. The van der Waals surface area contributed by atoms with Crippen LogP contribution in [0.25, 0.3) is 5.69 Å². The Morgan fingerprint density at radius 3 is 2.96 bits per heavy atom. The molecular formula is C16H18ClN5O3. The van der Waals surface area contributed by atoms with Crippen molar-refractivity contribution >= 4 is 29.3 Å². The van der Waals surface area contributed by atoms with E-state index in [1.165, 1.54) is 4.90 Å². The van der Waals surface area contributed by atoms with Crippen molar-refractivity contribution in [2.75, 3.05) is 31.1 Å². The fourth-order valence-corrected chi connectivity index (χ4v) is 2.85. The lowest BCUT2D eigenvalue weighted by Crippen LogP contribution is -2.35. The number of carbonyl (C=O) groups excluding carboxylic acids is 2. The van der Waals surface area contributed by atoms with Crippen LogP contribution in [0.3, 0.4) is 0 Å². The number of hydrogen-bond donors (Lipinski definition) is 0. The second kappa shape index (κ2) is 7.52. The van der Waals surface area contributed by atoms with Gasteiger partial charge in [-0.15, -0.1) is 0 Å². The molecule has 8 nitrogen and oxygen atoms in total. The summed E-state index contributed by atoms with van der Waals surface area (Å²) in [5.74, 6) is -0.130. The molecule has 2 aromatic heterocycles. The minimum Gasteiger partial charge on any atom is -0.448 e. The average molecular weight is 364 g/mol. The van der Waals surface area contributed by atoms with E-state index in [1.54, 1.807) is 34.2 Å². The Labute approximate surface area is 149 Å². The molecule has 132 valence electrons. The zero-order valence-electron chi connectivity index (χ0n) is 13.8. The number of amides is 2. The number of nitrogens with zero attached hydrogens (tertiary/aromatic N) is 5. The zero-order chi connectivity index (χ0) is 17.8. The van der Waals surface area contributed by atoms with Gasteiger partial charge in [0.25, 0.3) is 0 Å². The van der Waals surface area contributed by atoms with Gasteiger partial charge in [0.2, 0.25) is 5.91 Å². The van der Waals surface area contributed by atoms with Gasteiger partial charge in [-0.3, -0.25) is 9.78 Å². The molecular weight excluding hydrogens is 346 g/mol. The van der Waals surface area contributed by atoms with Gasteiger partial charge >= 0.3 is 6.09 Å². The van der Waals surface area contributed by atoms with Crippen molar-refractivity contribution in [3.05, 3.63) is 35.9 Å². The second-order valence-corrected chi connectivity index (χ2v) is 5.81. The molecule has 1 aliphatic rings. The molecule has 0 radical (unpaired) electrons. The Bertz CT molecular complexity index is 764. The summed E-state index contributed by atoms with van der Waals surface area (Å²) in [5, 5.41) is 4.48. The van der Waals surface area contributed by atoms with Crippen molar-refractivity contribution < 1.29 is 14.3 Å². The second-order valence-electron chi connectivity index (χ2n) is 5.45. The van der Waals surface area contributed by atoms with Crippen molar-refractivity contribution in [1.29, 1.82) is 0 Å². The number of anilines is 1. The van der Waals surface area contributed by atoms with Gasteiger partial charge in [-0.25, -0.2) is 9.48 Å². The van der Waals surface area contributed by atoms with Crippen molar-refractivity contribution in [3.63, 3.8) is 0 Å². The maximum Gasteiger partial charge on any atom is 0.409 e. The van der Waals surface area contributed by atoms with E-state index in [0.29, 0.717) is 31.9 Å². The molecule has 0 atom stereocenters. The first kappa shape index (κ1) is 17.2. The topological polar surface area (TPSA) is 80.6 Å². The average Bonchev–Trinajstić information content (AvgIpc) is 3.21. The van der Waals surface area contributed by atoms with Gasteiger partial charge < -0.3 is 14.5 Å². The molecule has 2 aromatic rings. The molecule has 0 N–H and O–H groups in total. The van der Waals surface area contributed by atoms with Crippen LogP contribution in [-0.2, 0) is 9.53 Å². The Hall–Kier alpha value is -2.61. The zero-order valence-corrected chi connectivity index (χ0v) is 14.5. The first-order valence-corrected chi connectivity index (χ1v) is 8.35. The van der Waals surface area contributed by atoms with Crippen LogP contribution in [0.2, 0.25) is 5.15 Å². The number of pyridine rings is 1. The third-order valence-corrected chi connectivity index (χ3v) is 4.18. The largest absolute Gasteiger partial charge is 0.448 e. The van der Waals surface area contributed by atoms with Crippen LogP contribution >= 0.6 is 11.6 Å². The van der Waals surface area contributed by atoms with Gasteiger partial charge in [0, 0.05) is 25.7 Å². The van der Waals surface area contributed by atoms with E-state index in [-0.39, 0.29) is 23.6 Å². The summed E-state index contributed by atoms with van der Waals surface area (Å²) in [6.45, 7) is 3.51. The lowest BCUT2D eigenvalue weighted by Gasteiger charge is -2.21. The molecule has 0 aromatic carbocycles. The molecule has 0 unspecified atom stereocenters. The molecule has 1 saturated heterocycles. The highest BCUT2D eigenvalue weighted by atomic mass is 35.5. The molecule has 0 aliphatic carbocycles. The summed E-state index contributed by atoms with van der Waals surface area (Å²) in [7, 11) is 0. The first-order valence-electron chi connectivity index (χ1n) is 7.97. The highest BCUT2D eigenvalue weighted by Gasteiger charge is 2.25. The third kappa shape index (κ3) is 3.74. The lowest BCUT2D eigenvalue weighted by molar-refractivity contribution is -0.118. The van der Waals surface area contributed by atoms with Crippen molar-refractivity contribution in [2.45, 2.75) is 13.3 Å². The van der Waals surface area contributed by atoms with Crippen LogP contribution < -0.4 is 4.90 Å². The van der Waals surface area contributed by atoms with Gasteiger partial charge in [-0.05, 0) is 19.1 Å². The van der Waals surface area contributed by atoms with Crippen LogP contribution in [0.15, 0.2) is 30.7 Å². The van der Waals surface area contributed by atoms with Gasteiger partial charge in [-0.1, -0.05) is 11.6 Å². The molecule has 3 rings (SSSR count). The van der Waals surface area contributed by atoms with Gasteiger partial charge in [-0.2, -0.15) is 5.10 Å². The molecule has 0 spiro atoms. The predicted octanol–water partition coefficient (Wildman–Crippen LogP) is 2.12. The summed E-state index contributed by atoms with van der Waals surface area (Å²) in [6, 6.07) is 3.64. The number of rotatable bonds is 6. The summed E-state index contributed by atoms with van der Waals surface area (Å²) in [5.41, 5.74) is 1.28. The quantitative estimate of drug-likeness (QED) is 0.785. The first-order chi connectivity index (χ1) is 12.1. The Balaban J connectivity index is 1.73. The third-order valence-electron chi connectivity index (χ3n) is 3.91. The van der Waals surface area contributed by atoms with Crippen molar-refractivity contribution in [1.82, 2.24) is 19.7 Å². The molecule has 3 heterocycles. The molecule has 9 heteroatoms. The number of carbonyl (C=O) groups is 2. The van der Waals surface area contributed by atoms with E-state index < -0.39 is 0 Å². The summed E-state index contributed by atoms with van der Waals surface area (Å²) in [6.07, 6.45) is 4.84. The maximum atomic E-state index is 12.6. The van der Waals surface area contributed by atoms with Crippen LogP contribution in [0.4, 0.5) is 10.5 Å². The molecule has 0 saturated carbocycles. The molecule has 1 aliphatic heterocycles. The molecule has 0 bridgehead atoms. The lowest BCUT2D eigenvalue weighted by atomic mass is 10.3. The monoisotopic (exact) mass is 363 g/mol. The van der Waals surface area contributed by atoms with Crippen LogP contribution in [-0.4, -0.2) is 57.9 Å². The normalized spacial score (nSPS) is 13.8. The minimum absolute atomic E-state index is 0.130.